The molecule has 26 heavy (non-hydrogen) atoms. The summed E-state index contributed by atoms with van der Waals surface area (Å²) >= 11 is 0. The molecule has 0 atom stereocenters. The second-order valence-electron chi connectivity index (χ2n) is 5.59. The first-order valence-electron chi connectivity index (χ1n) is 8.41. The molecule has 2 aromatic carbocycles. The van der Waals surface area contributed by atoms with Crippen LogP contribution in [-0.4, -0.2) is 32.9 Å². The average molecular weight is 356 g/mol. The van der Waals surface area contributed by atoms with E-state index in [1.54, 1.807) is 14.0 Å². The lowest BCUT2D eigenvalue weighted by Crippen LogP contribution is -2.12. The minimum Gasteiger partial charge on any atom is -0.497 e. The normalized spacial score (nSPS) is 10.1. The van der Waals surface area contributed by atoms with Crippen molar-refractivity contribution in [3.8, 4) is 28.4 Å². The number of methoxy groups -OCH3 is 1. The van der Waals surface area contributed by atoms with Crippen molar-refractivity contribution >= 4 is 5.97 Å². The lowest BCUT2D eigenvalue weighted by atomic mass is 10.1. The Labute approximate surface area is 154 Å². The monoisotopic (exact) mass is 356 g/mol. The summed E-state index contributed by atoms with van der Waals surface area (Å²) in [6.45, 7) is 7.96. The minimum absolute atomic E-state index is 0.143. The van der Waals surface area contributed by atoms with Crippen LogP contribution in [0.25, 0.3) is 11.1 Å². The van der Waals surface area contributed by atoms with Gasteiger partial charge in [0.1, 0.15) is 19.0 Å². The molecular weight excluding hydrogens is 332 g/mol. The first-order chi connectivity index (χ1) is 12.5. The SMILES string of the molecule is C=C(C)C(=O)OCCOc1cc(-c2ccc(OC)cc2)ccc1OCC. The van der Waals surface area contributed by atoms with E-state index < -0.39 is 5.97 Å². The summed E-state index contributed by atoms with van der Waals surface area (Å²) in [4.78, 5) is 11.4. The second kappa shape index (κ2) is 9.51. The average Bonchev–Trinajstić information content (AvgIpc) is 2.66. The number of esters is 1. The van der Waals surface area contributed by atoms with Crippen LogP contribution in [0.3, 0.4) is 0 Å². The highest BCUT2D eigenvalue weighted by Gasteiger charge is 2.09. The molecule has 0 aliphatic carbocycles. The fourth-order valence-electron chi connectivity index (χ4n) is 2.27. The quantitative estimate of drug-likeness (QED) is 0.382. The van der Waals surface area contributed by atoms with Gasteiger partial charge in [0.25, 0.3) is 0 Å². The van der Waals surface area contributed by atoms with Crippen LogP contribution < -0.4 is 14.2 Å². The summed E-state index contributed by atoms with van der Waals surface area (Å²) in [7, 11) is 1.64. The Morgan fingerprint density at radius 1 is 0.962 bits per heavy atom. The van der Waals surface area contributed by atoms with Crippen molar-refractivity contribution in [1.29, 1.82) is 0 Å². The number of ether oxygens (including phenoxy) is 4. The highest BCUT2D eigenvalue weighted by Crippen LogP contribution is 2.33. The Hall–Kier alpha value is -2.95. The number of hydrogen-bond acceptors (Lipinski definition) is 5. The largest absolute Gasteiger partial charge is 0.497 e. The molecule has 0 saturated carbocycles. The number of rotatable bonds is 9. The van der Waals surface area contributed by atoms with E-state index in [4.69, 9.17) is 18.9 Å². The fraction of sp³-hybridized carbons (Fsp3) is 0.286. The van der Waals surface area contributed by atoms with Crippen molar-refractivity contribution < 1.29 is 23.7 Å². The van der Waals surface area contributed by atoms with Gasteiger partial charge in [0.15, 0.2) is 11.5 Å². The van der Waals surface area contributed by atoms with Gasteiger partial charge in [-0.15, -0.1) is 0 Å². The van der Waals surface area contributed by atoms with Crippen molar-refractivity contribution in [2.45, 2.75) is 13.8 Å². The lowest BCUT2D eigenvalue weighted by molar-refractivity contribution is -0.139. The maximum Gasteiger partial charge on any atom is 0.333 e. The third-order valence-electron chi connectivity index (χ3n) is 3.59. The van der Waals surface area contributed by atoms with E-state index in [1.807, 2.05) is 49.4 Å². The number of hydrogen-bond donors (Lipinski definition) is 0. The van der Waals surface area contributed by atoms with Crippen molar-refractivity contribution in [2.75, 3.05) is 26.9 Å². The summed E-state index contributed by atoms with van der Waals surface area (Å²) in [6.07, 6.45) is 0. The molecule has 0 unspecified atom stereocenters. The van der Waals surface area contributed by atoms with Gasteiger partial charge >= 0.3 is 5.97 Å². The molecule has 138 valence electrons. The standard InChI is InChI=1S/C21H24O5/c1-5-24-19-11-8-17(16-6-9-18(23-4)10-7-16)14-20(19)25-12-13-26-21(22)15(2)3/h6-11,14H,2,5,12-13H2,1,3-4H3. The van der Waals surface area contributed by atoms with E-state index in [1.165, 1.54) is 0 Å². The Morgan fingerprint density at radius 3 is 2.27 bits per heavy atom. The molecule has 2 aromatic rings. The molecule has 0 saturated heterocycles. The third-order valence-corrected chi connectivity index (χ3v) is 3.59. The van der Waals surface area contributed by atoms with Gasteiger partial charge in [0.05, 0.1) is 13.7 Å². The predicted molar refractivity (Wildman–Crippen MR) is 101 cm³/mol. The van der Waals surface area contributed by atoms with Gasteiger partial charge < -0.3 is 18.9 Å². The van der Waals surface area contributed by atoms with Gasteiger partial charge in [-0.05, 0) is 49.2 Å². The van der Waals surface area contributed by atoms with Crippen LogP contribution in [0.5, 0.6) is 17.2 Å². The first kappa shape index (κ1) is 19.4. The van der Waals surface area contributed by atoms with Gasteiger partial charge in [-0.25, -0.2) is 4.79 Å². The van der Waals surface area contributed by atoms with Crippen molar-refractivity contribution in [2.24, 2.45) is 0 Å². The van der Waals surface area contributed by atoms with Crippen LogP contribution in [0, 0.1) is 0 Å². The molecule has 0 bridgehead atoms. The zero-order chi connectivity index (χ0) is 18.9. The van der Waals surface area contributed by atoms with Gasteiger partial charge in [-0.2, -0.15) is 0 Å². The zero-order valence-electron chi connectivity index (χ0n) is 15.4. The molecule has 5 nitrogen and oxygen atoms in total. The smallest absolute Gasteiger partial charge is 0.333 e. The van der Waals surface area contributed by atoms with E-state index >= 15 is 0 Å². The van der Waals surface area contributed by atoms with Crippen molar-refractivity contribution in [1.82, 2.24) is 0 Å². The van der Waals surface area contributed by atoms with Crippen molar-refractivity contribution in [3.05, 3.63) is 54.6 Å². The van der Waals surface area contributed by atoms with Gasteiger partial charge in [-0.1, -0.05) is 24.8 Å². The molecule has 5 heteroatoms. The molecule has 0 N–H and O–H groups in total. The highest BCUT2D eigenvalue weighted by atomic mass is 16.6. The van der Waals surface area contributed by atoms with E-state index in [2.05, 4.69) is 6.58 Å². The minimum atomic E-state index is -0.425. The Kier molecular flexibility index (Phi) is 7.09. The molecule has 2 rings (SSSR count). The van der Waals surface area contributed by atoms with E-state index in [9.17, 15) is 4.79 Å². The van der Waals surface area contributed by atoms with Crippen molar-refractivity contribution in [3.63, 3.8) is 0 Å². The van der Waals surface area contributed by atoms with E-state index in [0.29, 0.717) is 23.7 Å². The van der Waals surface area contributed by atoms with Crippen LogP contribution in [0.1, 0.15) is 13.8 Å². The van der Waals surface area contributed by atoms with Gasteiger partial charge in [-0.3, -0.25) is 0 Å². The second-order valence-corrected chi connectivity index (χ2v) is 5.59. The summed E-state index contributed by atoms with van der Waals surface area (Å²) in [5.74, 6) is 1.63. The molecule has 0 aliphatic heterocycles. The topological polar surface area (TPSA) is 54.0 Å². The zero-order valence-corrected chi connectivity index (χ0v) is 15.4. The number of carbonyl (C=O) groups is 1. The van der Waals surface area contributed by atoms with E-state index in [0.717, 1.165) is 16.9 Å². The molecular formula is C21H24O5. The maximum atomic E-state index is 11.4. The van der Waals surface area contributed by atoms with Crippen LogP contribution >= 0.6 is 0 Å². The number of benzene rings is 2. The number of carbonyl (C=O) groups excluding carboxylic acids is 1. The summed E-state index contributed by atoms with van der Waals surface area (Å²) in [5.41, 5.74) is 2.39. The molecule has 0 amide bonds. The van der Waals surface area contributed by atoms with E-state index in [-0.39, 0.29) is 13.2 Å². The van der Waals surface area contributed by atoms with Crippen LogP contribution in [0.2, 0.25) is 0 Å². The van der Waals surface area contributed by atoms with Gasteiger partial charge in [0, 0.05) is 5.57 Å². The third kappa shape index (κ3) is 5.28. The molecule has 0 aliphatic rings. The van der Waals surface area contributed by atoms with Gasteiger partial charge in [0.2, 0.25) is 0 Å². The Bertz CT molecular complexity index is 749. The molecule has 0 fully saturated rings. The maximum absolute atomic E-state index is 11.4. The molecule has 0 aromatic heterocycles. The molecule has 0 spiro atoms. The highest BCUT2D eigenvalue weighted by molar-refractivity contribution is 5.86. The first-order valence-corrected chi connectivity index (χ1v) is 8.41. The molecule has 0 radical (unpaired) electrons. The predicted octanol–water partition coefficient (Wildman–Crippen LogP) is 4.26. The fourth-order valence-corrected chi connectivity index (χ4v) is 2.27. The van der Waals surface area contributed by atoms with Crippen LogP contribution in [0.15, 0.2) is 54.6 Å². The Balaban J connectivity index is 2.11. The summed E-state index contributed by atoms with van der Waals surface area (Å²) in [6, 6.07) is 13.5. The molecule has 0 heterocycles. The van der Waals surface area contributed by atoms with Crippen LogP contribution in [-0.2, 0) is 9.53 Å². The lowest BCUT2D eigenvalue weighted by Gasteiger charge is -2.14. The summed E-state index contributed by atoms with van der Waals surface area (Å²) in [5, 5.41) is 0. The Morgan fingerprint density at radius 2 is 1.65 bits per heavy atom. The summed E-state index contributed by atoms with van der Waals surface area (Å²) < 4.78 is 21.6. The van der Waals surface area contributed by atoms with Crippen LogP contribution in [0.4, 0.5) is 0 Å².